The van der Waals surface area contributed by atoms with Gasteiger partial charge >= 0.3 is 0 Å². The van der Waals surface area contributed by atoms with Crippen molar-refractivity contribution in [3.05, 3.63) is 34.9 Å². The highest BCUT2D eigenvalue weighted by Crippen LogP contribution is 2.38. The first-order valence-corrected chi connectivity index (χ1v) is 9.14. The van der Waals surface area contributed by atoms with Gasteiger partial charge in [-0.1, -0.05) is 49.4 Å². The van der Waals surface area contributed by atoms with Gasteiger partial charge in [-0.25, -0.2) is 0 Å². The van der Waals surface area contributed by atoms with E-state index in [1.165, 1.54) is 44.1 Å². The lowest BCUT2D eigenvalue weighted by atomic mass is 9.81. The van der Waals surface area contributed by atoms with Crippen molar-refractivity contribution in [2.75, 3.05) is 19.3 Å². The minimum Gasteiger partial charge on any atom is -0.299 e. The van der Waals surface area contributed by atoms with E-state index in [0.717, 1.165) is 17.3 Å². The van der Waals surface area contributed by atoms with Crippen LogP contribution in [0, 0.1) is 5.41 Å². The fourth-order valence-corrected chi connectivity index (χ4v) is 4.05. The van der Waals surface area contributed by atoms with E-state index in [0.29, 0.717) is 11.5 Å². The molecule has 1 unspecified atom stereocenters. The van der Waals surface area contributed by atoms with Crippen LogP contribution in [0.3, 0.4) is 0 Å². The van der Waals surface area contributed by atoms with Crippen LogP contribution in [-0.2, 0) is 0 Å². The molecule has 21 heavy (non-hydrogen) atoms. The molecular weight excluding hydrogens is 298 g/mol. The molecule has 0 N–H and O–H groups in total. The van der Waals surface area contributed by atoms with E-state index in [1.807, 2.05) is 12.1 Å². The third-order valence-corrected chi connectivity index (χ3v) is 6.02. The van der Waals surface area contributed by atoms with Crippen LogP contribution in [0.2, 0.25) is 5.02 Å². The van der Waals surface area contributed by atoms with Crippen LogP contribution in [-0.4, -0.2) is 24.2 Å². The normalized spacial score (nSPS) is 20.2. The molecule has 1 saturated carbocycles. The summed E-state index contributed by atoms with van der Waals surface area (Å²) < 4.78 is 0. The first-order valence-electron chi connectivity index (χ1n) is 8.13. The lowest BCUT2D eigenvalue weighted by molar-refractivity contribution is 0.143. The zero-order chi connectivity index (χ0) is 15.3. The maximum atomic E-state index is 5.99. The zero-order valence-corrected chi connectivity index (χ0v) is 15.0. The number of halogens is 1. The van der Waals surface area contributed by atoms with E-state index in [2.05, 4.69) is 31.0 Å². The Hall–Kier alpha value is -0.180. The number of thiol groups is 1. The first kappa shape index (κ1) is 17.2. The molecule has 118 valence electrons. The Labute approximate surface area is 140 Å². The Morgan fingerprint density at radius 3 is 2.24 bits per heavy atom. The highest BCUT2D eigenvalue weighted by Gasteiger charge is 2.32. The third kappa shape index (κ3) is 4.64. The molecule has 0 aliphatic heterocycles. The van der Waals surface area contributed by atoms with E-state index in [1.54, 1.807) is 0 Å². The summed E-state index contributed by atoms with van der Waals surface area (Å²) in [5, 5.41) is 0.809. The summed E-state index contributed by atoms with van der Waals surface area (Å²) in [7, 11) is 2.25. The Bertz CT molecular complexity index is 423. The van der Waals surface area contributed by atoms with Gasteiger partial charge in [0.2, 0.25) is 0 Å². The third-order valence-electron chi connectivity index (χ3n) is 5.10. The Morgan fingerprint density at radius 2 is 1.71 bits per heavy atom. The van der Waals surface area contributed by atoms with Gasteiger partial charge in [-0.05, 0) is 55.7 Å². The van der Waals surface area contributed by atoms with Crippen molar-refractivity contribution in [3.8, 4) is 0 Å². The summed E-state index contributed by atoms with van der Waals surface area (Å²) >= 11 is 10.7. The van der Waals surface area contributed by atoms with Crippen molar-refractivity contribution in [1.82, 2.24) is 4.90 Å². The molecule has 0 bridgehead atoms. The van der Waals surface area contributed by atoms with Crippen molar-refractivity contribution in [2.24, 2.45) is 5.41 Å². The summed E-state index contributed by atoms with van der Waals surface area (Å²) in [6, 6.07) is 8.68. The lowest BCUT2D eigenvalue weighted by Crippen LogP contribution is -2.38. The van der Waals surface area contributed by atoms with E-state index in [9.17, 15) is 0 Å². The molecule has 1 atom stereocenters. The number of rotatable bonds is 5. The average molecular weight is 326 g/mol. The maximum absolute atomic E-state index is 5.99. The van der Waals surface area contributed by atoms with Crippen molar-refractivity contribution in [3.63, 3.8) is 0 Å². The van der Waals surface area contributed by atoms with Crippen LogP contribution in [0.15, 0.2) is 24.3 Å². The van der Waals surface area contributed by atoms with Crippen molar-refractivity contribution < 1.29 is 0 Å². The fourth-order valence-electron chi connectivity index (χ4n) is 3.51. The van der Waals surface area contributed by atoms with E-state index >= 15 is 0 Å². The Kier molecular flexibility index (Phi) is 6.46. The molecule has 0 amide bonds. The standard InChI is InChI=1S/C18H28ClNS/c1-15(16-7-9-17(19)10-8-16)20(2)13-18(14-21)11-5-3-4-6-12-18/h7-10,15,21H,3-6,11-14H2,1-2H3. The Balaban J connectivity index is 2.04. The number of hydrogen-bond donors (Lipinski definition) is 1. The van der Waals surface area contributed by atoms with Gasteiger partial charge in [-0.3, -0.25) is 4.90 Å². The molecule has 1 aromatic carbocycles. The van der Waals surface area contributed by atoms with Gasteiger partial charge < -0.3 is 0 Å². The van der Waals surface area contributed by atoms with Crippen LogP contribution in [0.5, 0.6) is 0 Å². The molecule has 2 rings (SSSR count). The molecule has 0 spiro atoms. The molecule has 3 heteroatoms. The van der Waals surface area contributed by atoms with Crippen molar-refractivity contribution in [1.29, 1.82) is 0 Å². The molecule has 1 aliphatic carbocycles. The second-order valence-corrected chi connectivity index (χ2v) is 7.47. The molecular formula is C18H28ClNS. The van der Waals surface area contributed by atoms with E-state index in [4.69, 9.17) is 24.2 Å². The summed E-state index contributed by atoms with van der Waals surface area (Å²) in [6.45, 7) is 3.42. The highest BCUT2D eigenvalue weighted by molar-refractivity contribution is 7.80. The molecule has 1 fully saturated rings. The van der Waals surface area contributed by atoms with Gasteiger partial charge in [0.1, 0.15) is 0 Å². The van der Waals surface area contributed by atoms with Crippen LogP contribution in [0.25, 0.3) is 0 Å². The molecule has 1 aliphatic rings. The molecule has 0 saturated heterocycles. The van der Waals surface area contributed by atoms with Crippen LogP contribution < -0.4 is 0 Å². The second-order valence-electron chi connectivity index (χ2n) is 6.71. The summed E-state index contributed by atoms with van der Waals surface area (Å²) in [5.41, 5.74) is 1.74. The number of hydrogen-bond acceptors (Lipinski definition) is 2. The van der Waals surface area contributed by atoms with Crippen LogP contribution in [0.4, 0.5) is 0 Å². The van der Waals surface area contributed by atoms with Gasteiger partial charge in [0.05, 0.1) is 0 Å². The second kappa shape index (κ2) is 7.89. The lowest BCUT2D eigenvalue weighted by Gasteiger charge is -2.38. The van der Waals surface area contributed by atoms with Gasteiger partial charge in [0, 0.05) is 17.6 Å². The largest absolute Gasteiger partial charge is 0.299 e. The zero-order valence-electron chi connectivity index (χ0n) is 13.3. The van der Waals surface area contributed by atoms with Crippen molar-refractivity contribution >= 4 is 24.2 Å². The first-order chi connectivity index (χ1) is 10.1. The molecule has 0 heterocycles. The van der Waals surface area contributed by atoms with Gasteiger partial charge in [0.25, 0.3) is 0 Å². The van der Waals surface area contributed by atoms with Gasteiger partial charge in [-0.15, -0.1) is 0 Å². The number of benzene rings is 1. The van der Waals surface area contributed by atoms with Crippen LogP contribution in [0.1, 0.15) is 57.1 Å². The van der Waals surface area contributed by atoms with Crippen molar-refractivity contribution in [2.45, 2.75) is 51.5 Å². The van der Waals surface area contributed by atoms with E-state index < -0.39 is 0 Å². The predicted octanol–water partition coefficient (Wildman–Crippen LogP) is 5.60. The molecule has 1 aromatic rings. The number of nitrogens with zero attached hydrogens (tertiary/aromatic N) is 1. The molecule has 1 nitrogen and oxygen atoms in total. The predicted molar refractivity (Wildman–Crippen MR) is 96.5 cm³/mol. The average Bonchev–Trinajstić information content (AvgIpc) is 2.73. The summed E-state index contributed by atoms with van der Waals surface area (Å²) in [4.78, 5) is 2.49. The molecule has 0 radical (unpaired) electrons. The molecule has 0 aromatic heterocycles. The fraction of sp³-hybridized carbons (Fsp3) is 0.667. The minimum absolute atomic E-state index is 0.398. The maximum Gasteiger partial charge on any atom is 0.0406 e. The monoisotopic (exact) mass is 325 g/mol. The quantitative estimate of drug-likeness (QED) is 0.544. The highest BCUT2D eigenvalue weighted by atomic mass is 35.5. The van der Waals surface area contributed by atoms with Gasteiger partial charge in [-0.2, -0.15) is 12.6 Å². The topological polar surface area (TPSA) is 3.24 Å². The van der Waals surface area contributed by atoms with Crippen LogP contribution >= 0.6 is 24.2 Å². The SMILES string of the molecule is CC(c1ccc(Cl)cc1)N(C)CC1(CS)CCCCCC1. The Morgan fingerprint density at radius 1 is 1.14 bits per heavy atom. The minimum atomic E-state index is 0.398. The summed E-state index contributed by atoms with van der Waals surface area (Å²) in [5.74, 6) is 1.00. The summed E-state index contributed by atoms with van der Waals surface area (Å²) in [6.07, 6.45) is 8.17. The van der Waals surface area contributed by atoms with E-state index in [-0.39, 0.29) is 0 Å². The smallest absolute Gasteiger partial charge is 0.0406 e. The van der Waals surface area contributed by atoms with Gasteiger partial charge in [0.15, 0.2) is 0 Å².